The number of alkyl halides is 1. The Morgan fingerprint density at radius 1 is 1.27 bits per heavy atom. The Balaban J connectivity index is 3.16. The van der Waals surface area contributed by atoms with Crippen molar-refractivity contribution in [1.82, 2.24) is 0 Å². The molecule has 0 heterocycles. The fourth-order valence-corrected chi connectivity index (χ4v) is 1.52. The van der Waals surface area contributed by atoms with E-state index in [-0.39, 0.29) is 11.5 Å². The largest absolute Gasteiger partial charge is 0.497 e. The molecule has 0 atom stereocenters. The topological polar surface area (TPSA) is 18.5 Å². The molecule has 0 amide bonds. The van der Waals surface area contributed by atoms with Crippen LogP contribution in [-0.4, -0.2) is 13.2 Å². The van der Waals surface area contributed by atoms with Crippen molar-refractivity contribution in [2.75, 3.05) is 13.2 Å². The molecule has 2 nitrogen and oxygen atoms in total. The quantitative estimate of drug-likeness (QED) is 0.737. The van der Waals surface area contributed by atoms with Crippen LogP contribution in [0.2, 0.25) is 0 Å². The van der Waals surface area contributed by atoms with Crippen LogP contribution < -0.4 is 9.47 Å². The van der Waals surface area contributed by atoms with Crippen LogP contribution in [0.4, 0.5) is 0 Å². The molecule has 0 aliphatic carbocycles. The zero-order chi connectivity index (χ0) is 11.5. The highest BCUT2D eigenvalue weighted by Gasteiger charge is 2.19. The molecule has 0 aromatic heterocycles. The first-order chi connectivity index (χ1) is 6.99. The average molecular weight is 229 g/mol. The lowest BCUT2D eigenvalue weighted by Crippen LogP contribution is -2.13. The average Bonchev–Trinajstić information content (AvgIpc) is 2.17. The van der Waals surface area contributed by atoms with Crippen LogP contribution in [0.5, 0.6) is 11.5 Å². The smallest absolute Gasteiger partial charge is 0.162 e. The predicted molar refractivity (Wildman–Crippen MR) is 63.0 cm³/mol. The van der Waals surface area contributed by atoms with Gasteiger partial charge in [-0.05, 0) is 23.6 Å². The number of hydrogen-bond acceptors (Lipinski definition) is 2. The minimum absolute atomic E-state index is 0.00985. The Labute approximate surface area is 96.2 Å². The van der Waals surface area contributed by atoms with Crippen molar-refractivity contribution in [2.45, 2.75) is 26.2 Å². The van der Waals surface area contributed by atoms with Crippen LogP contribution in [0, 0.1) is 0 Å². The maximum Gasteiger partial charge on any atom is 0.162 e. The zero-order valence-corrected chi connectivity index (χ0v) is 10.4. The summed E-state index contributed by atoms with van der Waals surface area (Å²) in [5, 5.41) is 0. The number of benzene rings is 1. The molecule has 0 saturated heterocycles. The van der Waals surface area contributed by atoms with E-state index in [0.717, 1.165) is 17.1 Å². The van der Waals surface area contributed by atoms with Gasteiger partial charge in [0.15, 0.2) is 6.07 Å². The van der Waals surface area contributed by atoms with Gasteiger partial charge in [0.2, 0.25) is 0 Å². The lowest BCUT2D eigenvalue weighted by molar-refractivity contribution is 0.369. The molecular weight excluding hydrogens is 212 g/mol. The lowest BCUT2D eigenvalue weighted by atomic mass is 9.86. The summed E-state index contributed by atoms with van der Waals surface area (Å²) in [4.78, 5) is 0. The highest BCUT2D eigenvalue weighted by Crippen LogP contribution is 2.34. The first-order valence-electron chi connectivity index (χ1n) is 4.86. The third-order valence-electron chi connectivity index (χ3n) is 2.20. The molecule has 1 rings (SSSR count). The molecule has 0 spiro atoms. The minimum Gasteiger partial charge on any atom is -0.497 e. The van der Waals surface area contributed by atoms with E-state index in [1.807, 2.05) is 18.2 Å². The molecule has 0 aliphatic rings. The number of ether oxygens (including phenoxy) is 2. The summed E-state index contributed by atoms with van der Waals surface area (Å²) in [6, 6.07) is 5.91. The van der Waals surface area contributed by atoms with Crippen molar-refractivity contribution in [3.8, 4) is 11.5 Å². The second kappa shape index (κ2) is 4.75. The Morgan fingerprint density at radius 2 is 1.93 bits per heavy atom. The first-order valence-corrected chi connectivity index (χ1v) is 5.39. The molecule has 0 N–H and O–H groups in total. The summed E-state index contributed by atoms with van der Waals surface area (Å²) in [6.07, 6.45) is 0. The van der Waals surface area contributed by atoms with Crippen molar-refractivity contribution in [3.05, 3.63) is 23.8 Å². The summed E-state index contributed by atoms with van der Waals surface area (Å²) >= 11 is 5.58. The first kappa shape index (κ1) is 12.2. The molecule has 3 heteroatoms. The van der Waals surface area contributed by atoms with Gasteiger partial charge in [-0.3, -0.25) is 0 Å². The second-order valence-electron chi connectivity index (χ2n) is 4.37. The van der Waals surface area contributed by atoms with Crippen molar-refractivity contribution < 1.29 is 9.47 Å². The molecule has 0 saturated carbocycles. The van der Waals surface area contributed by atoms with Gasteiger partial charge in [0, 0.05) is 5.56 Å². The molecule has 0 fully saturated rings. The van der Waals surface area contributed by atoms with Gasteiger partial charge in [0.05, 0.1) is 7.11 Å². The van der Waals surface area contributed by atoms with Crippen molar-refractivity contribution in [2.24, 2.45) is 0 Å². The Hall–Kier alpha value is -0.890. The number of rotatable bonds is 3. The number of halogens is 1. The molecule has 0 unspecified atom stereocenters. The summed E-state index contributed by atoms with van der Waals surface area (Å²) in [7, 11) is 1.66. The van der Waals surface area contributed by atoms with Crippen LogP contribution in [-0.2, 0) is 5.41 Å². The summed E-state index contributed by atoms with van der Waals surface area (Å²) in [5.41, 5.74) is 1.11. The summed E-state index contributed by atoms with van der Waals surface area (Å²) in [5.74, 6) is 1.65. The second-order valence-corrected chi connectivity index (χ2v) is 4.58. The van der Waals surface area contributed by atoms with Crippen LogP contribution >= 0.6 is 11.6 Å². The summed E-state index contributed by atoms with van der Waals surface area (Å²) in [6.45, 7) is 6.38. The molecule has 0 radical (unpaired) electrons. The van der Waals surface area contributed by atoms with Crippen LogP contribution in [0.3, 0.4) is 0 Å². The monoisotopic (exact) mass is 228 g/mol. The van der Waals surface area contributed by atoms with E-state index in [4.69, 9.17) is 21.1 Å². The molecule has 84 valence electrons. The van der Waals surface area contributed by atoms with Gasteiger partial charge in [-0.2, -0.15) is 0 Å². The van der Waals surface area contributed by atoms with Gasteiger partial charge in [-0.15, -0.1) is 0 Å². The lowest BCUT2D eigenvalue weighted by Gasteiger charge is -2.22. The van der Waals surface area contributed by atoms with Crippen LogP contribution in [0.1, 0.15) is 26.3 Å². The van der Waals surface area contributed by atoms with Crippen molar-refractivity contribution in [3.63, 3.8) is 0 Å². The highest BCUT2D eigenvalue weighted by molar-refractivity contribution is 6.17. The van der Waals surface area contributed by atoms with E-state index in [1.165, 1.54) is 0 Å². The van der Waals surface area contributed by atoms with Gasteiger partial charge in [0.25, 0.3) is 0 Å². The van der Waals surface area contributed by atoms with Crippen LogP contribution in [0.15, 0.2) is 18.2 Å². The maximum absolute atomic E-state index is 5.58. The fraction of sp³-hybridized carbons (Fsp3) is 0.500. The van der Waals surface area contributed by atoms with Gasteiger partial charge in [-0.1, -0.05) is 32.4 Å². The molecule has 1 aromatic rings. The fourth-order valence-electron chi connectivity index (χ4n) is 1.41. The summed E-state index contributed by atoms with van der Waals surface area (Å²) < 4.78 is 10.6. The minimum atomic E-state index is 0.00985. The van der Waals surface area contributed by atoms with Crippen molar-refractivity contribution in [1.29, 1.82) is 0 Å². The van der Waals surface area contributed by atoms with E-state index in [9.17, 15) is 0 Å². The van der Waals surface area contributed by atoms with E-state index < -0.39 is 0 Å². The third-order valence-corrected chi connectivity index (χ3v) is 2.31. The number of methoxy groups -OCH3 is 1. The Morgan fingerprint density at radius 3 is 2.40 bits per heavy atom. The Bertz CT molecular complexity index is 329. The van der Waals surface area contributed by atoms with E-state index in [2.05, 4.69) is 20.8 Å². The van der Waals surface area contributed by atoms with E-state index in [0.29, 0.717) is 0 Å². The maximum atomic E-state index is 5.58. The van der Waals surface area contributed by atoms with Gasteiger partial charge in [-0.25, -0.2) is 0 Å². The van der Waals surface area contributed by atoms with Gasteiger partial charge in [0.1, 0.15) is 11.5 Å². The van der Waals surface area contributed by atoms with Gasteiger partial charge >= 0.3 is 0 Å². The van der Waals surface area contributed by atoms with Crippen LogP contribution in [0.25, 0.3) is 0 Å². The highest BCUT2D eigenvalue weighted by atomic mass is 35.5. The predicted octanol–water partition coefficient (Wildman–Crippen LogP) is 3.57. The normalized spacial score (nSPS) is 11.3. The molecule has 0 bridgehead atoms. The van der Waals surface area contributed by atoms with E-state index >= 15 is 0 Å². The Kier molecular flexibility index (Phi) is 3.86. The number of hydrogen-bond donors (Lipinski definition) is 0. The SMILES string of the molecule is COc1ccc(OCCl)c(C(C)(C)C)c1. The zero-order valence-electron chi connectivity index (χ0n) is 9.63. The molecule has 1 aromatic carbocycles. The molecule has 0 aliphatic heterocycles. The van der Waals surface area contributed by atoms with E-state index in [1.54, 1.807) is 7.11 Å². The van der Waals surface area contributed by atoms with Gasteiger partial charge < -0.3 is 9.47 Å². The third kappa shape index (κ3) is 3.03. The van der Waals surface area contributed by atoms with Crippen molar-refractivity contribution >= 4 is 11.6 Å². The molecular formula is C12H17ClO2. The standard InChI is InChI=1S/C12H17ClO2/c1-12(2,3)10-7-9(14-4)5-6-11(10)15-8-13/h5-7H,8H2,1-4H3. The molecule has 15 heavy (non-hydrogen) atoms.